The van der Waals surface area contributed by atoms with Gasteiger partial charge in [0.25, 0.3) is 0 Å². The maximum absolute atomic E-state index is 12.3. The molecule has 4 nitrogen and oxygen atoms in total. The van der Waals surface area contributed by atoms with E-state index in [9.17, 15) is 21.6 Å². The van der Waals surface area contributed by atoms with Crippen LogP contribution in [0.3, 0.4) is 0 Å². The Labute approximate surface area is 113 Å². The molecule has 1 aromatic rings. The van der Waals surface area contributed by atoms with Crippen molar-refractivity contribution in [1.29, 1.82) is 0 Å². The first-order chi connectivity index (χ1) is 8.63. The Morgan fingerprint density at radius 1 is 1.21 bits per heavy atom. The Balaban J connectivity index is 3.10. The summed E-state index contributed by atoms with van der Waals surface area (Å²) in [5.41, 5.74) is -5.40. The second-order valence-corrected chi connectivity index (χ2v) is 6.24. The van der Waals surface area contributed by atoms with Crippen molar-refractivity contribution in [1.82, 2.24) is 4.90 Å². The van der Waals surface area contributed by atoms with Crippen LogP contribution in [0.15, 0.2) is 39.6 Å². The molecule has 106 valence electrons. The lowest BCUT2D eigenvalue weighted by atomic mass is 10.4. The van der Waals surface area contributed by atoms with Crippen molar-refractivity contribution in [2.45, 2.75) is 10.4 Å². The third-order valence-corrected chi connectivity index (χ3v) is 4.09. The third-order valence-electron chi connectivity index (χ3n) is 1.83. The van der Waals surface area contributed by atoms with Gasteiger partial charge in [-0.05, 0) is 12.1 Å². The molecule has 0 unspecified atom stereocenters. The number of rotatable bonds is 2. The lowest BCUT2D eigenvalue weighted by Gasteiger charge is -2.15. The van der Waals surface area contributed by atoms with Crippen LogP contribution in [0.2, 0.25) is 0 Å². The lowest BCUT2D eigenvalue weighted by Crippen LogP contribution is -2.26. The van der Waals surface area contributed by atoms with Crippen LogP contribution in [0.4, 0.5) is 13.2 Å². The van der Waals surface area contributed by atoms with Gasteiger partial charge in [0.1, 0.15) is 0 Å². The summed E-state index contributed by atoms with van der Waals surface area (Å²) in [7, 11) is -2.70. The highest BCUT2D eigenvalue weighted by molar-refractivity contribution is 8.14. The summed E-state index contributed by atoms with van der Waals surface area (Å²) >= 11 is 0.837. The number of halogens is 3. The van der Waals surface area contributed by atoms with E-state index >= 15 is 0 Å². The minimum absolute atomic E-state index is 0.261. The molecule has 0 N–H and O–H groups in total. The number of hydrogen-bond donors (Lipinski definition) is 0. The van der Waals surface area contributed by atoms with E-state index in [0.717, 1.165) is 11.8 Å². The number of hydrogen-bond acceptors (Lipinski definition) is 3. The van der Waals surface area contributed by atoms with Crippen LogP contribution in [-0.2, 0) is 10.0 Å². The second kappa shape index (κ2) is 5.83. The molecule has 0 fully saturated rings. The van der Waals surface area contributed by atoms with Crippen LogP contribution >= 0.6 is 11.8 Å². The first kappa shape index (κ1) is 15.8. The minimum Gasteiger partial charge on any atom is -0.356 e. The number of nitrogens with zero attached hydrogens (tertiary/aromatic N) is 2. The van der Waals surface area contributed by atoms with E-state index in [2.05, 4.69) is 4.40 Å². The highest BCUT2D eigenvalue weighted by Gasteiger charge is 2.46. The maximum atomic E-state index is 12.3. The van der Waals surface area contributed by atoms with Crippen LogP contribution in [-0.4, -0.2) is 38.1 Å². The SMILES string of the molecule is CN(C)/C(=N\S(=O)(=O)C(F)(F)F)Sc1ccccc1. The molecular weight excluding hydrogens is 301 g/mol. The fourth-order valence-electron chi connectivity index (χ4n) is 0.940. The lowest BCUT2D eigenvalue weighted by molar-refractivity contribution is -0.0435. The molecule has 19 heavy (non-hydrogen) atoms. The van der Waals surface area contributed by atoms with Gasteiger partial charge in [0.05, 0.1) is 0 Å². The zero-order chi connectivity index (χ0) is 14.7. The average Bonchev–Trinajstić information content (AvgIpc) is 2.27. The molecular formula is C10H11F3N2O2S2. The van der Waals surface area contributed by atoms with Crippen molar-refractivity contribution in [3.8, 4) is 0 Å². The molecule has 0 aliphatic rings. The van der Waals surface area contributed by atoms with Crippen molar-refractivity contribution < 1.29 is 21.6 Å². The first-order valence-electron chi connectivity index (χ1n) is 4.95. The largest absolute Gasteiger partial charge is 0.518 e. The second-order valence-electron chi connectivity index (χ2n) is 3.60. The summed E-state index contributed by atoms with van der Waals surface area (Å²) in [5, 5.41) is -0.261. The molecule has 0 saturated heterocycles. The Hall–Kier alpha value is -1.22. The topological polar surface area (TPSA) is 49.7 Å². The molecule has 0 aliphatic carbocycles. The molecule has 0 heterocycles. The van der Waals surface area contributed by atoms with Crippen LogP contribution in [0, 0.1) is 0 Å². The monoisotopic (exact) mass is 312 g/mol. The summed E-state index contributed by atoms with van der Waals surface area (Å²) in [4.78, 5) is 1.80. The van der Waals surface area contributed by atoms with Crippen molar-refractivity contribution >= 4 is 27.0 Å². The predicted molar refractivity (Wildman–Crippen MR) is 68.4 cm³/mol. The van der Waals surface area contributed by atoms with Gasteiger partial charge in [-0.3, -0.25) is 0 Å². The molecule has 0 aromatic heterocycles. The van der Waals surface area contributed by atoms with Gasteiger partial charge in [0.15, 0.2) is 5.17 Å². The molecule has 0 amide bonds. The molecule has 1 rings (SSSR count). The van der Waals surface area contributed by atoms with Gasteiger partial charge in [-0.15, -0.1) is 4.40 Å². The van der Waals surface area contributed by atoms with E-state index in [1.165, 1.54) is 19.0 Å². The zero-order valence-corrected chi connectivity index (χ0v) is 11.7. The van der Waals surface area contributed by atoms with Crippen molar-refractivity contribution in [2.24, 2.45) is 4.40 Å². The highest BCUT2D eigenvalue weighted by Crippen LogP contribution is 2.28. The number of benzene rings is 1. The normalized spacial score (nSPS) is 13.4. The highest BCUT2D eigenvalue weighted by atomic mass is 32.2. The summed E-state index contributed by atoms with van der Waals surface area (Å²) in [6.07, 6.45) is 0. The van der Waals surface area contributed by atoms with Gasteiger partial charge in [-0.1, -0.05) is 30.0 Å². The van der Waals surface area contributed by atoms with Crippen LogP contribution < -0.4 is 0 Å². The Morgan fingerprint density at radius 3 is 2.16 bits per heavy atom. The quantitative estimate of drug-likeness (QED) is 0.478. The van der Waals surface area contributed by atoms with Gasteiger partial charge in [0, 0.05) is 19.0 Å². The third kappa shape index (κ3) is 4.43. The Morgan fingerprint density at radius 2 is 1.74 bits per heavy atom. The smallest absolute Gasteiger partial charge is 0.356 e. The molecule has 0 spiro atoms. The first-order valence-corrected chi connectivity index (χ1v) is 7.20. The molecule has 9 heteroatoms. The molecule has 1 aromatic carbocycles. The molecule has 0 atom stereocenters. The molecule has 0 aliphatic heterocycles. The molecule has 0 radical (unpaired) electrons. The minimum atomic E-state index is -5.54. The standard InChI is InChI=1S/C10H11F3N2O2S2/c1-15(2)9(14-19(16,17)10(11,12)13)18-8-6-4-3-5-7-8/h3-7H,1-2H3/b14-9+. The van der Waals surface area contributed by atoms with Gasteiger partial charge in [0.2, 0.25) is 0 Å². The van der Waals surface area contributed by atoms with Crippen LogP contribution in [0.25, 0.3) is 0 Å². The Bertz CT molecular complexity index is 554. The fourth-order valence-corrected chi connectivity index (χ4v) is 2.54. The predicted octanol–water partition coefficient (Wildman–Crippen LogP) is 2.55. The van der Waals surface area contributed by atoms with E-state index in [1.807, 2.05) is 0 Å². The van der Waals surface area contributed by atoms with E-state index in [4.69, 9.17) is 0 Å². The number of amidine groups is 1. The van der Waals surface area contributed by atoms with E-state index in [0.29, 0.717) is 4.90 Å². The zero-order valence-electron chi connectivity index (χ0n) is 10.0. The fraction of sp³-hybridized carbons (Fsp3) is 0.300. The molecule has 0 bridgehead atoms. The Kier molecular flexibility index (Phi) is 4.86. The van der Waals surface area contributed by atoms with E-state index in [1.54, 1.807) is 30.3 Å². The number of alkyl halides is 3. The molecule has 0 saturated carbocycles. The van der Waals surface area contributed by atoms with Crippen molar-refractivity contribution in [3.05, 3.63) is 30.3 Å². The van der Waals surface area contributed by atoms with Crippen LogP contribution in [0.1, 0.15) is 0 Å². The van der Waals surface area contributed by atoms with Crippen LogP contribution in [0.5, 0.6) is 0 Å². The van der Waals surface area contributed by atoms with Gasteiger partial charge in [-0.2, -0.15) is 21.6 Å². The van der Waals surface area contributed by atoms with Gasteiger partial charge < -0.3 is 4.90 Å². The van der Waals surface area contributed by atoms with Crippen molar-refractivity contribution in [2.75, 3.05) is 14.1 Å². The average molecular weight is 312 g/mol. The van der Waals surface area contributed by atoms with Gasteiger partial charge >= 0.3 is 15.5 Å². The van der Waals surface area contributed by atoms with E-state index < -0.39 is 15.5 Å². The van der Waals surface area contributed by atoms with Crippen molar-refractivity contribution in [3.63, 3.8) is 0 Å². The summed E-state index contributed by atoms with van der Waals surface area (Å²) in [6.45, 7) is 0. The summed E-state index contributed by atoms with van der Waals surface area (Å²) in [6, 6.07) is 8.40. The summed E-state index contributed by atoms with van der Waals surface area (Å²) < 4.78 is 61.7. The maximum Gasteiger partial charge on any atom is 0.518 e. The van der Waals surface area contributed by atoms with E-state index in [-0.39, 0.29) is 5.17 Å². The van der Waals surface area contributed by atoms with Gasteiger partial charge in [-0.25, -0.2) is 0 Å². The number of sulfonamides is 1. The summed E-state index contributed by atoms with van der Waals surface area (Å²) in [5.74, 6) is 0. The number of thioether (sulfide) groups is 1.